The van der Waals surface area contributed by atoms with Gasteiger partial charge in [-0.15, -0.1) is 0 Å². The highest BCUT2D eigenvalue weighted by Crippen LogP contribution is 1.91. The van der Waals surface area contributed by atoms with Crippen LogP contribution in [0.5, 0.6) is 0 Å². The number of anilines is 1. The van der Waals surface area contributed by atoms with Gasteiger partial charge in [0.25, 0.3) is 0 Å². The van der Waals surface area contributed by atoms with Crippen molar-refractivity contribution in [2.24, 2.45) is 0 Å². The zero-order valence-corrected chi connectivity index (χ0v) is 4.63. The largest absolute Gasteiger partial charge is 0.368 e. The standard InChI is InChI=1S/C5H7N3.H2/c1-4-2-3-7-5(6)8-4;/h2-3H,1H3,(H2,6,7,8);1H. The highest BCUT2D eigenvalue weighted by atomic mass is 15.0. The van der Waals surface area contributed by atoms with E-state index in [1.165, 1.54) is 0 Å². The minimum Gasteiger partial charge on any atom is -0.368 e. The van der Waals surface area contributed by atoms with Crippen molar-refractivity contribution in [1.82, 2.24) is 9.97 Å². The van der Waals surface area contributed by atoms with Gasteiger partial charge in [0.15, 0.2) is 0 Å². The van der Waals surface area contributed by atoms with Crippen LogP contribution < -0.4 is 5.73 Å². The van der Waals surface area contributed by atoms with Crippen LogP contribution in [0.2, 0.25) is 0 Å². The van der Waals surface area contributed by atoms with Gasteiger partial charge in [0, 0.05) is 13.3 Å². The molecule has 2 N–H and O–H groups in total. The molecule has 0 spiro atoms. The van der Waals surface area contributed by atoms with Crippen LogP contribution in [0.15, 0.2) is 12.3 Å². The maximum absolute atomic E-state index is 5.24. The summed E-state index contributed by atoms with van der Waals surface area (Å²) in [4.78, 5) is 7.55. The van der Waals surface area contributed by atoms with E-state index in [2.05, 4.69) is 9.97 Å². The molecule has 0 atom stereocenters. The van der Waals surface area contributed by atoms with Gasteiger partial charge >= 0.3 is 0 Å². The predicted octanol–water partition coefficient (Wildman–Crippen LogP) is 0.613. The molecule has 44 valence electrons. The first-order chi connectivity index (χ1) is 3.79. The van der Waals surface area contributed by atoms with E-state index in [9.17, 15) is 0 Å². The van der Waals surface area contributed by atoms with Gasteiger partial charge < -0.3 is 5.73 Å². The second-order valence-corrected chi connectivity index (χ2v) is 1.56. The maximum atomic E-state index is 5.24. The van der Waals surface area contributed by atoms with Gasteiger partial charge in [-0.25, -0.2) is 9.97 Å². The third-order valence-corrected chi connectivity index (χ3v) is 0.813. The number of nitrogens with two attached hydrogens (primary N) is 1. The van der Waals surface area contributed by atoms with E-state index in [1.807, 2.05) is 6.92 Å². The average Bonchev–Trinajstić information content (AvgIpc) is 1.64. The lowest BCUT2D eigenvalue weighted by atomic mass is 10.5. The van der Waals surface area contributed by atoms with Crippen LogP contribution >= 0.6 is 0 Å². The van der Waals surface area contributed by atoms with Crippen molar-refractivity contribution in [1.29, 1.82) is 0 Å². The minimum atomic E-state index is 0. The van der Waals surface area contributed by atoms with E-state index in [-0.39, 0.29) is 1.43 Å². The Morgan fingerprint density at radius 3 is 2.88 bits per heavy atom. The van der Waals surface area contributed by atoms with E-state index >= 15 is 0 Å². The van der Waals surface area contributed by atoms with E-state index in [0.29, 0.717) is 5.95 Å². The van der Waals surface area contributed by atoms with Crippen LogP contribution in [0, 0.1) is 6.92 Å². The van der Waals surface area contributed by atoms with Crippen molar-refractivity contribution in [3.63, 3.8) is 0 Å². The smallest absolute Gasteiger partial charge is 0.220 e. The molecule has 1 heterocycles. The molecule has 0 saturated carbocycles. The molecule has 3 nitrogen and oxygen atoms in total. The fraction of sp³-hybridized carbons (Fsp3) is 0.200. The van der Waals surface area contributed by atoms with Crippen molar-refractivity contribution < 1.29 is 1.43 Å². The van der Waals surface area contributed by atoms with Crippen LogP contribution in [0.3, 0.4) is 0 Å². The maximum Gasteiger partial charge on any atom is 0.220 e. The number of aromatic nitrogens is 2. The highest BCUT2D eigenvalue weighted by Gasteiger charge is 1.84. The Bertz CT molecular complexity index is 172. The Labute approximate surface area is 49.1 Å². The molecule has 8 heavy (non-hydrogen) atoms. The molecule has 0 aliphatic heterocycles. The van der Waals surface area contributed by atoms with E-state index in [1.54, 1.807) is 12.3 Å². The summed E-state index contributed by atoms with van der Waals surface area (Å²) < 4.78 is 0. The molecule has 1 rings (SSSR count). The summed E-state index contributed by atoms with van der Waals surface area (Å²) in [7, 11) is 0. The summed E-state index contributed by atoms with van der Waals surface area (Å²) in [6.45, 7) is 1.87. The van der Waals surface area contributed by atoms with Crippen LogP contribution in [-0.4, -0.2) is 9.97 Å². The number of aryl methyl sites for hydroxylation is 1. The fourth-order valence-corrected chi connectivity index (χ4v) is 0.468. The molecule has 0 unspecified atom stereocenters. The summed E-state index contributed by atoms with van der Waals surface area (Å²) in [6, 6.07) is 1.80. The number of nitrogen functional groups attached to an aromatic ring is 1. The van der Waals surface area contributed by atoms with Crippen LogP contribution in [0.1, 0.15) is 7.12 Å². The average molecular weight is 111 g/mol. The van der Waals surface area contributed by atoms with E-state index < -0.39 is 0 Å². The molecule has 0 fully saturated rings. The number of hydrogen-bond acceptors (Lipinski definition) is 3. The van der Waals surface area contributed by atoms with E-state index in [0.717, 1.165) is 5.69 Å². The van der Waals surface area contributed by atoms with Gasteiger partial charge in [0.1, 0.15) is 0 Å². The number of rotatable bonds is 0. The van der Waals surface area contributed by atoms with E-state index in [4.69, 9.17) is 5.73 Å². The molecule has 0 bridgehead atoms. The molecule has 0 amide bonds. The molecule has 0 saturated heterocycles. The summed E-state index contributed by atoms with van der Waals surface area (Å²) in [5.41, 5.74) is 6.14. The summed E-state index contributed by atoms with van der Waals surface area (Å²) >= 11 is 0. The Morgan fingerprint density at radius 2 is 2.50 bits per heavy atom. The first-order valence-electron chi connectivity index (χ1n) is 2.34. The number of hydrogen-bond donors (Lipinski definition) is 1. The molecule has 1 aromatic rings. The zero-order chi connectivity index (χ0) is 5.98. The summed E-state index contributed by atoms with van der Waals surface area (Å²) in [6.07, 6.45) is 1.64. The van der Waals surface area contributed by atoms with Crippen LogP contribution in [-0.2, 0) is 0 Å². The third-order valence-electron chi connectivity index (χ3n) is 0.813. The predicted molar refractivity (Wildman–Crippen MR) is 33.3 cm³/mol. The highest BCUT2D eigenvalue weighted by molar-refractivity contribution is 5.15. The van der Waals surface area contributed by atoms with Crippen molar-refractivity contribution in [2.45, 2.75) is 6.92 Å². The molecule has 0 radical (unpaired) electrons. The lowest BCUT2D eigenvalue weighted by Crippen LogP contribution is -1.93. The number of nitrogens with zero attached hydrogens (tertiary/aromatic N) is 2. The third kappa shape index (κ3) is 0.932. The van der Waals surface area contributed by atoms with Gasteiger partial charge in [0.2, 0.25) is 5.95 Å². The van der Waals surface area contributed by atoms with Crippen molar-refractivity contribution >= 4 is 5.95 Å². The SMILES string of the molecule is Cc1ccnc(N)n1.[HH]. The quantitative estimate of drug-likeness (QED) is 0.533. The molecular weight excluding hydrogens is 102 g/mol. The molecule has 0 aliphatic carbocycles. The van der Waals surface area contributed by atoms with Crippen molar-refractivity contribution in [3.8, 4) is 0 Å². The molecular formula is C5H9N3. The molecule has 1 aromatic heterocycles. The first-order valence-corrected chi connectivity index (χ1v) is 2.34. The molecule has 0 aromatic carbocycles. The van der Waals surface area contributed by atoms with Gasteiger partial charge in [-0.2, -0.15) is 0 Å². The van der Waals surface area contributed by atoms with Gasteiger partial charge in [-0.1, -0.05) is 0 Å². The monoisotopic (exact) mass is 111 g/mol. The Hall–Kier alpha value is -1.12. The minimum absolute atomic E-state index is 0. The summed E-state index contributed by atoms with van der Waals surface area (Å²) in [5, 5.41) is 0. The zero-order valence-electron chi connectivity index (χ0n) is 4.63. The van der Waals surface area contributed by atoms with Crippen LogP contribution in [0.4, 0.5) is 5.95 Å². The fourth-order valence-electron chi connectivity index (χ4n) is 0.468. The van der Waals surface area contributed by atoms with Crippen LogP contribution in [0.25, 0.3) is 0 Å². The Morgan fingerprint density at radius 1 is 1.75 bits per heavy atom. The second-order valence-electron chi connectivity index (χ2n) is 1.56. The van der Waals surface area contributed by atoms with Gasteiger partial charge in [-0.3, -0.25) is 0 Å². The topological polar surface area (TPSA) is 51.8 Å². The lowest BCUT2D eigenvalue weighted by Gasteiger charge is -1.89. The van der Waals surface area contributed by atoms with Gasteiger partial charge in [0.05, 0.1) is 0 Å². The van der Waals surface area contributed by atoms with Crippen molar-refractivity contribution in [2.75, 3.05) is 5.73 Å². The normalized spacial score (nSPS) is 9.12. The van der Waals surface area contributed by atoms with Crippen molar-refractivity contribution in [3.05, 3.63) is 18.0 Å². The molecule has 0 aliphatic rings. The molecule has 3 heteroatoms. The summed E-state index contributed by atoms with van der Waals surface area (Å²) in [5.74, 6) is 0.338. The Balaban J connectivity index is 0.000000640. The van der Waals surface area contributed by atoms with Gasteiger partial charge in [-0.05, 0) is 13.0 Å². The first kappa shape index (κ1) is 5.03. The lowest BCUT2D eigenvalue weighted by molar-refractivity contribution is 1.12. The Kier molecular flexibility index (Phi) is 1.12. The second kappa shape index (κ2) is 1.78.